The molecule has 0 aromatic heterocycles. The van der Waals surface area contributed by atoms with E-state index in [9.17, 15) is 10.2 Å². The van der Waals surface area contributed by atoms with Crippen LogP contribution < -0.4 is 5.32 Å². The van der Waals surface area contributed by atoms with E-state index in [-0.39, 0.29) is 17.5 Å². The molecule has 0 bridgehead atoms. The van der Waals surface area contributed by atoms with Crippen molar-refractivity contribution in [3.8, 4) is 11.5 Å². The number of benzene rings is 2. The number of fused-ring (bicyclic) bond motifs is 1. The van der Waals surface area contributed by atoms with Crippen LogP contribution in [0.25, 0.3) is 0 Å². The lowest BCUT2D eigenvalue weighted by molar-refractivity contribution is 0.398. The molecular formula is C17H15IN2O2S. The third-order valence-corrected chi connectivity index (χ3v) is 4.97. The normalized spacial score (nSPS) is 16.5. The van der Waals surface area contributed by atoms with Gasteiger partial charge < -0.3 is 15.5 Å². The molecule has 0 amide bonds. The highest BCUT2D eigenvalue weighted by atomic mass is 127. The molecule has 1 unspecified atom stereocenters. The van der Waals surface area contributed by atoms with Crippen LogP contribution in [0.2, 0.25) is 0 Å². The molecule has 0 aliphatic carbocycles. The van der Waals surface area contributed by atoms with Crippen LogP contribution in [0.3, 0.4) is 0 Å². The number of nitrogens with zero attached hydrogens (tertiary/aromatic N) is 1. The van der Waals surface area contributed by atoms with E-state index in [0.29, 0.717) is 0 Å². The summed E-state index contributed by atoms with van der Waals surface area (Å²) in [4.78, 5) is 4.03. The zero-order chi connectivity index (χ0) is 16.4. The zero-order valence-corrected chi connectivity index (χ0v) is 15.2. The molecule has 118 valence electrons. The highest BCUT2D eigenvalue weighted by molar-refractivity contribution is 14.1. The van der Waals surface area contributed by atoms with Gasteiger partial charge in [-0.2, -0.15) is 4.99 Å². The Kier molecular flexibility index (Phi) is 4.96. The van der Waals surface area contributed by atoms with Gasteiger partial charge in [0.25, 0.3) is 0 Å². The van der Waals surface area contributed by atoms with E-state index < -0.39 is 0 Å². The summed E-state index contributed by atoms with van der Waals surface area (Å²) in [6.45, 7) is 0.853. The van der Waals surface area contributed by atoms with E-state index in [1.54, 1.807) is 12.1 Å². The van der Waals surface area contributed by atoms with E-state index >= 15 is 0 Å². The third-order valence-electron chi connectivity index (χ3n) is 4.01. The topological polar surface area (TPSA) is 64.8 Å². The lowest BCUT2D eigenvalue weighted by Crippen LogP contribution is -2.31. The Hall–Kier alpha value is -1.47. The van der Waals surface area contributed by atoms with Crippen molar-refractivity contribution < 1.29 is 10.2 Å². The summed E-state index contributed by atoms with van der Waals surface area (Å²) in [5.41, 5.74) is 4.13. The van der Waals surface area contributed by atoms with Crippen molar-refractivity contribution in [1.29, 1.82) is 0 Å². The van der Waals surface area contributed by atoms with Gasteiger partial charge in [0.15, 0.2) is 11.5 Å². The molecule has 0 saturated heterocycles. The van der Waals surface area contributed by atoms with E-state index in [1.165, 1.54) is 5.56 Å². The molecule has 3 rings (SSSR count). The summed E-state index contributed by atoms with van der Waals surface area (Å²) in [5, 5.41) is 25.3. The van der Waals surface area contributed by atoms with Crippen molar-refractivity contribution in [3.05, 3.63) is 50.6 Å². The molecule has 0 radical (unpaired) electrons. The Morgan fingerprint density at radius 3 is 2.78 bits per heavy atom. The Morgan fingerprint density at radius 2 is 2.04 bits per heavy atom. The van der Waals surface area contributed by atoms with Gasteiger partial charge in [0.2, 0.25) is 0 Å². The molecule has 1 atom stereocenters. The summed E-state index contributed by atoms with van der Waals surface area (Å²) in [7, 11) is 0. The number of rotatable bonds is 3. The Balaban J connectivity index is 1.89. The molecule has 0 saturated carbocycles. The molecule has 0 fully saturated rings. The summed E-state index contributed by atoms with van der Waals surface area (Å²) < 4.78 is 1.03. The first-order valence-corrected chi connectivity index (χ1v) is 8.71. The van der Waals surface area contributed by atoms with Crippen LogP contribution in [0, 0.1) is 3.57 Å². The SMILES string of the molecule is Oc1cc2c(cc1O)C(Cc1ccc(N=C=S)c(I)c1)NCC2. The third kappa shape index (κ3) is 3.55. The van der Waals surface area contributed by atoms with E-state index in [2.05, 4.69) is 56.3 Å². The molecule has 1 heterocycles. The number of aliphatic imine (C=N–C) groups is 1. The van der Waals surface area contributed by atoms with Crippen LogP contribution >= 0.6 is 34.8 Å². The number of halogens is 1. The fourth-order valence-corrected chi connectivity index (χ4v) is 3.70. The van der Waals surface area contributed by atoms with Gasteiger partial charge in [-0.05, 0) is 95.2 Å². The summed E-state index contributed by atoms with van der Waals surface area (Å²) >= 11 is 6.89. The second-order valence-electron chi connectivity index (χ2n) is 5.49. The smallest absolute Gasteiger partial charge is 0.157 e. The lowest BCUT2D eigenvalue weighted by Gasteiger charge is -2.27. The van der Waals surface area contributed by atoms with Gasteiger partial charge in [0.05, 0.1) is 10.8 Å². The van der Waals surface area contributed by atoms with Crippen molar-refractivity contribution >= 4 is 45.7 Å². The molecule has 2 aromatic carbocycles. The van der Waals surface area contributed by atoms with Crippen LogP contribution in [-0.2, 0) is 12.8 Å². The monoisotopic (exact) mass is 438 g/mol. The fourth-order valence-electron chi connectivity index (χ4n) is 2.90. The maximum absolute atomic E-state index is 9.79. The van der Waals surface area contributed by atoms with Crippen molar-refractivity contribution in [2.75, 3.05) is 6.54 Å². The minimum absolute atomic E-state index is 0.0543. The molecule has 2 aromatic rings. The highest BCUT2D eigenvalue weighted by Gasteiger charge is 2.22. The first-order chi connectivity index (χ1) is 11.1. The van der Waals surface area contributed by atoms with E-state index in [4.69, 9.17) is 0 Å². The van der Waals surface area contributed by atoms with Crippen LogP contribution in [0.5, 0.6) is 11.5 Å². The van der Waals surface area contributed by atoms with Gasteiger partial charge in [-0.25, -0.2) is 0 Å². The number of phenols is 2. The largest absolute Gasteiger partial charge is 0.504 e. The molecule has 4 nitrogen and oxygen atoms in total. The number of hydrogen-bond donors (Lipinski definition) is 3. The molecular weight excluding hydrogens is 423 g/mol. The van der Waals surface area contributed by atoms with Crippen molar-refractivity contribution in [2.45, 2.75) is 18.9 Å². The van der Waals surface area contributed by atoms with Gasteiger partial charge >= 0.3 is 0 Å². The van der Waals surface area contributed by atoms with Gasteiger partial charge in [0.1, 0.15) is 0 Å². The number of phenolic OH excluding ortho intramolecular Hbond substituents is 2. The Morgan fingerprint density at radius 1 is 1.26 bits per heavy atom. The van der Waals surface area contributed by atoms with Crippen molar-refractivity contribution in [2.24, 2.45) is 4.99 Å². The molecule has 6 heteroatoms. The highest BCUT2D eigenvalue weighted by Crippen LogP contribution is 2.35. The first kappa shape index (κ1) is 16.4. The number of isothiocyanates is 1. The second kappa shape index (κ2) is 6.97. The average Bonchev–Trinajstić information content (AvgIpc) is 2.52. The van der Waals surface area contributed by atoms with Crippen LogP contribution in [0.4, 0.5) is 5.69 Å². The number of aromatic hydroxyl groups is 2. The van der Waals surface area contributed by atoms with Crippen LogP contribution in [0.15, 0.2) is 35.3 Å². The predicted molar refractivity (Wildman–Crippen MR) is 102 cm³/mol. The van der Waals surface area contributed by atoms with Crippen molar-refractivity contribution in [3.63, 3.8) is 0 Å². The van der Waals surface area contributed by atoms with Crippen LogP contribution in [-0.4, -0.2) is 21.9 Å². The minimum Gasteiger partial charge on any atom is -0.504 e. The summed E-state index contributed by atoms with van der Waals surface area (Å²) in [6, 6.07) is 9.50. The van der Waals surface area contributed by atoms with Gasteiger partial charge in [-0.3, -0.25) is 0 Å². The quantitative estimate of drug-likeness (QED) is 0.295. The molecule has 3 N–H and O–H groups in total. The molecule has 1 aliphatic heterocycles. The summed E-state index contributed by atoms with van der Waals surface area (Å²) in [5.74, 6) is -0.126. The molecule has 1 aliphatic rings. The van der Waals surface area contributed by atoms with Gasteiger partial charge in [-0.15, -0.1) is 0 Å². The van der Waals surface area contributed by atoms with Crippen molar-refractivity contribution in [1.82, 2.24) is 5.32 Å². The maximum Gasteiger partial charge on any atom is 0.157 e. The number of hydrogen-bond acceptors (Lipinski definition) is 5. The minimum atomic E-state index is -0.0716. The van der Waals surface area contributed by atoms with Gasteiger partial charge in [-0.1, -0.05) is 6.07 Å². The Bertz CT molecular complexity index is 803. The van der Waals surface area contributed by atoms with E-state index in [0.717, 1.165) is 39.8 Å². The fraction of sp³-hybridized carbons (Fsp3) is 0.235. The van der Waals surface area contributed by atoms with E-state index in [1.807, 2.05) is 12.1 Å². The number of thiocarbonyl (C=S) groups is 1. The lowest BCUT2D eigenvalue weighted by atomic mass is 9.90. The van der Waals surface area contributed by atoms with Gasteiger partial charge in [0, 0.05) is 9.61 Å². The standard InChI is InChI=1S/C17H15IN2O2S/c18-13-5-10(1-2-14(13)20-9-23)6-15-12-8-17(22)16(21)7-11(12)3-4-19-15/h1-2,5,7-8,15,19,21-22H,3-4,6H2. The summed E-state index contributed by atoms with van der Waals surface area (Å²) in [6.07, 6.45) is 1.65. The zero-order valence-electron chi connectivity index (χ0n) is 12.2. The predicted octanol–water partition coefficient (Wildman–Crippen LogP) is 3.87. The Labute approximate surface area is 153 Å². The second-order valence-corrected chi connectivity index (χ2v) is 6.83. The average molecular weight is 438 g/mol. The first-order valence-electron chi connectivity index (χ1n) is 7.23. The van der Waals surface area contributed by atoms with Crippen LogP contribution in [0.1, 0.15) is 22.7 Å². The molecule has 23 heavy (non-hydrogen) atoms. The maximum atomic E-state index is 9.79. The number of nitrogens with one attached hydrogen (secondary N) is 1. The molecule has 0 spiro atoms.